The molecule has 2 N–H and O–H groups in total. The largest absolute Gasteiger partial charge is 0.393 e. The predicted molar refractivity (Wildman–Crippen MR) is 155 cm³/mol. The Balaban J connectivity index is 1.55. The molecule has 2 saturated carbocycles. The summed E-state index contributed by atoms with van der Waals surface area (Å²) in [4.78, 5) is 16.6. The van der Waals surface area contributed by atoms with Gasteiger partial charge in [-0.1, -0.05) is 56.4 Å². The van der Waals surface area contributed by atoms with E-state index in [1.54, 1.807) is 0 Å². The minimum absolute atomic E-state index is 0.118. The van der Waals surface area contributed by atoms with Crippen LogP contribution in [0.4, 0.5) is 0 Å². The Morgan fingerprint density at radius 2 is 1.74 bits per heavy atom. The van der Waals surface area contributed by atoms with Gasteiger partial charge in [0.25, 0.3) is 0 Å². The Morgan fingerprint density at radius 3 is 2.50 bits per heavy atom. The van der Waals surface area contributed by atoms with Gasteiger partial charge in [0.2, 0.25) is 0 Å². The maximum atomic E-state index is 14.1. The minimum Gasteiger partial charge on any atom is -0.393 e. The van der Waals surface area contributed by atoms with Crippen molar-refractivity contribution in [3.05, 3.63) is 46.5 Å². The lowest BCUT2D eigenvalue weighted by atomic mass is 9.64. The number of nitrogens with zero attached hydrogens (tertiary/aromatic N) is 1. The molecule has 4 atom stereocenters. The van der Waals surface area contributed by atoms with E-state index in [0.29, 0.717) is 12.2 Å². The molecule has 1 aromatic rings. The van der Waals surface area contributed by atoms with Crippen LogP contribution in [-0.2, 0) is 6.42 Å². The molecule has 0 radical (unpaired) electrons. The summed E-state index contributed by atoms with van der Waals surface area (Å²) in [5.41, 5.74) is 3.41. The maximum absolute atomic E-state index is 14.1. The zero-order valence-electron chi connectivity index (χ0n) is 24.0. The van der Waals surface area contributed by atoms with Crippen LogP contribution >= 0.6 is 0 Å². The number of ketones is 1. The fourth-order valence-corrected chi connectivity index (χ4v) is 8.29. The molecule has 38 heavy (non-hydrogen) atoms. The van der Waals surface area contributed by atoms with Gasteiger partial charge in [-0.15, -0.1) is 0 Å². The maximum Gasteiger partial charge on any atom is 0.166 e. The van der Waals surface area contributed by atoms with Crippen LogP contribution in [-0.4, -0.2) is 52.2 Å². The molecule has 1 saturated heterocycles. The number of Topliss-reactive ketones (excluding diaryl/α,β-unsaturated/α-hetero) is 1. The molecule has 4 heteroatoms. The molecule has 4 aliphatic carbocycles. The third-order valence-corrected chi connectivity index (χ3v) is 10.8. The molecule has 4 nitrogen and oxygen atoms in total. The van der Waals surface area contributed by atoms with E-state index in [1.807, 2.05) is 0 Å². The van der Waals surface area contributed by atoms with Crippen LogP contribution in [0.3, 0.4) is 0 Å². The molecule has 5 aliphatic rings. The van der Waals surface area contributed by atoms with E-state index < -0.39 is 11.7 Å². The number of benzene rings is 1. The van der Waals surface area contributed by atoms with E-state index in [-0.39, 0.29) is 17.3 Å². The number of allylic oxidation sites excluding steroid dienone is 2. The lowest BCUT2D eigenvalue weighted by Crippen LogP contribution is -2.53. The summed E-state index contributed by atoms with van der Waals surface area (Å²) in [7, 11) is 0. The van der Waals surface area contributed by atoms with Gasteiger partial charge in [-0.2, -0.15) is 0 Å². The molecule has 1 aliphatic heterocycles. The second-order valence-electron chi connectivity index (χ2n) is 13.5. The smallest absolute Gasteiger partial charge is 0.166 e. The number of β-amino-alcohol motifs (C(OH)–C–C–N with tert-alkyl or cyclic N) is 1. The number of fused-ring (bicyclic) bond motifs is 8. The summed E-state index contributed by atoms with van der Waals surface area (Å²) in [6.07, 6.45) is 17.0. The first-order valence-corrected chi connectivity index (χ1v) is 15.7. The number of aliphatic hydroxyl groups is 2. The SMILES string of the molecule is CC1=CCC[C@@]2(C)[C@@H](CC[C@@]2(O)CN2CCCCC2)c2ccc(cc2C(=O)C2CCCCC2)C[C@@H](O)CC1. The quantitative estimate of drug-likeness (QED) is 0.332. The predicted octanol–water partition coefficient (Wildman–Crippen LogP) is 6.97. The highest BCUT2D eigenvalue weighted by Gasteiger charge is 2.57. The van der Waals surface area contributed by atoms with E-state index in [1.165, 1.54) is 31.3 Å². The number of aliphatic hydroxyl groups excluding tert-OH is 1. The third kappa shape index (κ3) is 5.83. The monoisotopic (exact) mass is 521 g/mol. The van der Waals surface area contributed by atoms with Gasteiger partial charge in [-0.3, -0.25) is 4.79 Å². The van der Waals surface area contributed by atoms with Crippen LogP contribution in [0.25, 0.3) is 0 Å². The van der Waals surface area contributed by atoms with Crippen molar-refractivity contribution in [2.24, 2.45) is 11.3 Å². The van der Waals surface area contributed by atoms with Gasteiger partial charge in [0, 0.05) is 23.4 Å². The van der Waals surface area contributed by atoms with Gasteiger partial charge in [0.15, 0.2) is 5.78 Å². The molecule has 1 aromatic carbocycles. The summed E-state index contributed by atoms with van der Waals surface area (Å²) < 4.78 is 0. The standard InChI is InChI=1S/C34H51NO3/c1-25-10-9-18-33(2)31(17-19-34(33,38)24-35-20-7-4-8-21-35)29-16-14-26(22-28(36)15-13-25)23-30(29)32(37)27-11-5-3-6-12-27/h10,14,16,23,27-28,31,36,38H,3-9,11-13,15,17-22,24H2,1-2H3/t28-,31-,33-,34+/m0/s1. The van der Waals surface area contributed by atoms with Crippen molar-refractivity contribution in [1.29, 1.82) is 0 Å². The molecule has 0 amide bonds. The van der Waals surface area contributed by atoms with Crippen molar-refractivity contribution < 1.29 is 15.0 Å². The van der Waals surface area contributed by atoms with Crippen molar-refractivity contribution in [1.82, 2.24) is 4.90 Å². The normalized spacial score (nSPS) is 33.9. The van der Waals surface area contributed by atoms with E-state index in [9.17, 15) is 15.0 Å². The summed E-state index contributed by atoms with van der Waals surface area (Å²) in [6, 6.07) is 6.50. The van der Waals surface area contributed by atoms with Gasteiger partial charge < -0.3 is 15.1 Å². The van der Waals surface area contributed by atoms with Gasteiger partial charge in [-0.05, 0) is 114 Å². The number of piperidine rings is 1. The fourth-order valence-electron chi connectivity index (χ4n) is 8.29. The van der Waals surface area contributed by atoms with Crippen molar-refractivity contribution in [2.45, 2.75) is 128 Å². The number of hydrogen-bond donors (Lipinski definition) is 2. The highest BCUT2D eigenvalue weighted by molar-refractivity contribution is 5.99. The second kappa shape index (κ2) is 11.9. The number of carbonyl (C=O) groups excluding carboxylic acids is 1. The van der Waals surface area contributed by atoms with Crippen LogP contribution in [0, 0.1) is 11.3 Å². The minimum atomic E-state index is -0.756. The molecule has 0 aromatic heterocycles. The number of carbonyl (C=O) groups is 1. The lowest BCUT2D eigenvalue weighted by Gasteiger charge is -2.47. The average molecular weight is 522 g/mol. The number of hydrogen-bond acceptors (Lipinski definition) is 4. The Hall–Kier alpha value is -1.49. The van der Waals surface area contributed by atoms with E-state index in [2.05, 4.69) is 43.0 Å². The Bertz CT molecular complexity index is 1000. The molecular weight excluding hydrogens is 470 g/mol. The van der Waals surface area contributed by atoms with Crippen LogP contribution < -0.4 is 0 Å². The van der Waals surface area contributed by atoms with E-state index in [4.69, 9.17) is 0 Å². The van der Waals surface area contributed by atoms with Crippen molar-refractivity contribution in [3.63, 3.8) is 0 Å². The zero-order chi connectivity index (χ0) is 26.8. The Kier molecular flexibility index (Phi) is 8.82. The third-order valence-electron chi connectivity index (χ3n) is 10.8. The number of likely N-dealkylation sites (tertiary alicyclic amines) is 1. The van der Waals surface area contributed by atoms with Gasteiger partial charge >= 0.3 is 0 Å². The van der Waals surface area contributed by atoms with Crippen LogP contribution in [0.1, 0.15) is 131 Å². The summed E-state index contributed by atoms with van der Waals surface area (Å²) in [5, 5.41) is 23.3. The molecule has 0 spiro atoms. The fraction of sp³-hybridized carbons (Fsp3) is 0.735. The molecule has 6 rings (SSSR count). The van der Waals surface area contributed by atoms with Crippen molar-refractivity contribution in [2.75, 3.05) is 19.6 Å². The topological polar surface area (TPSA) is 60.8 Å². The summed E-state index contributed by atoms with van der Waals surface area (Å²) in [5.74, 6) is 0.593. The molecule has 0 unspecified atom stereocenters. The van der Waals surface area contributed by atoms with Gasteiger partial charge in [-0.25, -0.2) is 0 Å². The van der Waals surface area contributed by atoms with Crippen LogP contribution in [0.5, 0.6) is 0 Å². The highest BCUT2D eigenvalue weighted by atomic mass is 16.3. The second-order valence-corrected chi connectivity index (χ2v) is 13.5. The Labute approximate surface area is 230 Å². The average Bonchev–Trinajstić information content (AvgIpc) is 3.17. The van der Waals surface area contributed by atoms with Crippen molar-refractivity contribution >= 4 is 5.78 Å². The molecule has 2 bridgehead atoms. The van der Waals surface area contributed by atoms with E-state index in [0.717, 1.165) is 101 Å². The molecule has 3 fully saturated rings. The molecule has 210 valence electrons. The van der Waals surface area contributed by atoms with Crippen LogP contribution in [0.2, 0.25) is 0 Å². The Morgan fingerprint density at radius 1 is 1.00 bits per heavy atom. The zero-order valence-corrected chi connectivity index (χ0v) is 24.0. The van der Waals surface area contributed by atoms with Gasteiger partial charge in [0.05, 0.1) is 11.7 Å². The number of rotatable bonds is 4. The lowest BCUT2D eigenvalue weighted by molar-refractivity contribution is -0.0857. The van der Waals surface area contributed by atoms with Crippen LogP contribution in [0.15, 0.2) is 29.8 Å². The highest BCUT2D eigenvalue weighted by Crippen LogP contribution is 2.59. The summed E-state index contributed by atoms with van der Waals surface area (Å²) >= 11 is 0. The first-order valence-electron chi connectivity index (χ1n) is 15.7. The molecular formula is C34H51NO3. The van der Waals surface area contributed by atoms with Gasteiger partial charge in [0.1, 0.15) is 0 Å². The molecule has 1 heterocycles. The van der Waals surface area contributed by atoms with Crippen molar-refractivity contribution in [3.8, 4) is 0 Å². The summed E-state index contributed by atoms with van der Waals surface area (Å²) in [6.45, 7) is 7.44. The van der Waals surface area contributed by atoms with E-state index >= 15 is 0 Å². The first-order chi connectivity index (χ1) is 18.3. The first kappa shape index (κ1) is 28.1.